The molecule has 8 nitrogen and oxygen atoms in total. The Hall–Kier alpha value is -2.75. The first kappa shape index (κ1) is 21.9. The molecule has 10 heteroatoms. The van der Waals surface area contributed by atoms with Gasteiger partial charge in [0.2, 0.25) is 0 Å². The van der Waals surface area contributed by atoms with Crippen molar-refractivity contribution in [3.8, 4) is 17.1 Å². The molecule has 0 aliphatic carbocycles. The highest BCUT2D eigenvalue weighted by molar-refractivity contribution is 6.99. The molecule has 1 fully saturated rings. The lowest BCUT2D eigenvalue weighted by molar-refractivity contribution is -0.134. The Morgan fingerprint density at radius 2 is 2.00 bits per heavy atom. The standard InChI is InChI=1S/C20H25FN4O4S/c1-20(2,3)29-19(27)22-15-7-9-25(10-8-15)16(26)12-28-18-17(23-30-24-18)13-5-4-6-14(21)11-13/h4-6,11,15H,7-10,12H2,1-3H3,(H,22,27). The second kappa shape index (κ2) is 9.38. The van der Waals surface area contributed by atoms with Gasteiger partial charge in [-0.05, 0) is 45.7 Å². The number of alkyl carbamates (subject to hydrolysis) is 1. The highest BCUT2D eigenvalue weighted by atomic mass is 32.1. The Labute approximate surface area is 178 Å². The third-order valence-corrected chi connectivity index (χ3v) is 4.97. The van der Waals surface area contributed by atoms with Gasteiger partial charge in [-0.2, -0.15) is 4.37 Å². The van der Waals surface area contributed by atoms with Crippen molar-refractivity contribution in [1.29, 1.82) is 0 Å². The first-order valence-electron chi connectivity index (χ1n) is 9.70. The summed E-state index contributed by atoms with van der Waals surface area (Å²) in [6.45, 7) is 6.27. The minimum atomic E-state index is -0.549. The summed E-state index contributed by atoms with van der Waals surface area (Å²) >= 11 is 0.939. The molecule has 162 valence electrons. The fourth-order valence-corrected chi connectivity index (χ4v) is 3.58. The van der Waals surface area contributed by atoms with Crippen molar-refractivity contribution in [3.63, 3.8) is 0 Å². The molecular formula is C20H25FN4O4S. The second-order valence-electron chi connectivity index (χ2n) is 8.02. The van der Waals surface area contributed by atoms with E-state index < -0.39 is 11.7 Å². The Morgan fingerprint density at radius 3 is 2.67 bits per heavy atom. The summed E-state index contributed by atoms with van der Waals surface area (Å²) in [5, 5.41) is 2.84. The van der Waals surface area contributed by atoms with Crippen molar-refractivity contribution < 1.29 is 23.5 Å². The van der Waals surface area contributed by atoms with E-state index >= 15 is 0 Å². The number of nitrogens with zero attached hydrogens (tertiary/aromatic N) is 3. The highest BCUT2D eigenvalue weighted by Gasteiger charge is 2.26. The summed E-state index contributed by atoms with van der Waals surface area (Å²) < 4.78 is 32.5. The number of hydrogen-bond acceptors (Lipinski definition) is 7. The zero-order valence-corrected chi connectivity index (χ0v) is 18.0. The number of likely N-dealkylation sites (tertiary alicyclic amines) is 1. The molecule has 30 heavy (non-hydrogen) atoms. The molecule has 2 amide bonds. The van der Waals surface area contributed by atoms with E-state index in [9.17, 15) is 14.0 Å². The fraction of sp³-hybridized carbons (Fsp3) is 0.500. The van der Waals surface area contributed by atoms with Gasteiger partial charge in [0.15, 0.2) is 6.61 Å². The maximum atomic E-state index is 13.5. The molecule has 0 saturated carbocycles. The van der Waals surface area contributed by atoms with Crippen LogP contribution in [0.25, 0.3) is 11.3 Å². The maximum absolute atomic E-state index is 13.5. The third kappa shape index (κ3) is 6.12. The van der Waals surface area contributed by atoms with E-state index in [4.69, 9.17) is 9.47 Å². The van der Waals surface area contributed by atoms with Gasteiger partial charge in [0.1, 0.15) is 17.1 Å². The summed E-state index contributed by atoms with van der Waals surface area (Å²) in [5.41, 5.74) is 0.403. The number of halogens is 1. The summed E-state index contributed by atoms with van der Waals surface area (Å²) in [4.78, 5) is 26.1. The van der Waals surface area contributed by atoms with Gasteiger partial charge in [0, 0.05) is 24.7 Å². The Bertz CT molecular complexity index is 891. The summed E-state index contributed by atoms with van der Waals surface area (Å²) in [6.07, 6.45) is 0.826. The molecular weight excluding hydrogens is 411 g/mol. The third-order valence-electron chi connectivity index (χ3n) is 4.46. The van der Waals surface area contributed by atoms with E-state index in [1.165, 1.54) is 12.1 Å². The molecule has 0 bridgehead atoms. The zero-order valence-electron chi connectivity index (χ0n) is 17.2. The lowest BCUT2D eigenvalue weighted by Crippen LogP contribution is -2.48. The number of hydrogen-bond donors (Lipinski definition) is 1. The van der Waals surface area contributed by atoms with E-state index in [0.717, 1.165) is 11.7 Å². The predicted octanol–water partition coefficient (Wildman–Crippen LogP) is 3.24. The normalized spacial score (nSPS) is 15.0. The molecule has 1 aromatic heterocycles. The molecule has 1 aliphatic rings. The van der Waals surface area contributed by atoms with Gasteiger partial charge in [-0.15, -0.1) is 4.37 Å². The lowest BCUT2D eigenvalue weighted by Gasteiger charge is -2.32. The summed E-state index contributed by atoms with van der Waals surface area (Å²) in [6, 6.07) is 5.93. The maximum Gasteiger partial charge on any atom is 0.407 e. The van der Waals surface area contributed by atoms with Crippen molar-refractivity contribution in [1.82, 2.24) is 19.0 Å². The minimum absolute atomic E-state index is 0.0351. The number of carbonyl (C=O) groups excluding carboxylic acids is 2. The largest absolute Gasteiger partial charge is 0.465 e. The lowest BCUT2D eigenvalue weighted by atomic mass is 10.1. The van der Waals surface area contributed by atoms with E-state index in [0.29, 0.717) is 37.2 Å². The van der Waals surface area contributed by atoms with Crippen molar-refractivity contribution in [2.45, 2.75) is 45.3 Å². The van der Waals surface area contributed by atoms with Crippen LogP contribution in [0.5, 0.6) is 5.88 Å². The molecule has 1 saturated heterocycles. The number of piperidine rings is 1. The van der Waals surface area contributed by atoms with Crippen LogP contribution in [0.15, 0.2) is 24.3 Å². The van der Waals surface area contributed by atoms with Crippen LogP contribution in [0.3, 0.4) is 0 Å². The average molecular weight is 437 g/mol. The van der Waals surface area contributed by atoms with Gasteiger partial charge in [-0.25, -0.2) is 9.18 Å². The van der Waals surface area contributed by atoms with Crippen LogP contribution in [-0.4, -0.2) is 57.0 Å². The Balaban J connectivity index is 1.47. The molecule has 3 rings (SSSR count). The molecule has 1 aromatic carbocycles. The van der Waals surface area contributed by atoms with Gasteiger partial charge >= 0.3 is 6.09 Å². The quantitative estimate of drug-likeness (QED) is 0.773. The van der Waals surface area contributed by atoms with Crippen molar-refractivity contribution in [3.05, 3.63) is 30.1 Å². The molecule has 0 unspecified atom stereocenters. The van der Waals surface area contributed by atoms with E-state index in [-0.39, 0.29) is 30.3 Å². The summed E-state index contributed by atoms with van der Waals surface area (Å²) in [5.74, 6) is -0.352. The first-order valence-corrected chi connectivity index (χ1v) is 10.4. The first-order chi connectivity index (χ1) is 14.2. The van der Waals surface area contributed by atoms with Crippen molar-refractivity contribution >= 4 is 23.7 Å². The Morgan fingerprint density at radius 1 is 1.27 bits per heavy atom. The van der Waals surface area contributed by atoms with Crippen molar-refractivity contribution in [2.75, 3.05) is 19.7 Å². The zero-order chi connectivity index (χ0) is 21.7. The number of rotatable bonds is 5. The number of amides is 2. The SMILES string of the molecule is CC(C)(C)OC(=O)NC1CCN(C(=O)COc2nsnc2-c2cccc(F)c2)CC1. The topological polar surface area (TPSA) is 93.7 Å². The highest BCUT2D eigenvalue weighted by Crippen LogP contribution is 2.28. The van der Waals surface area contributed by atoms with E-state index in [2.05, 4.69) is 14.1 Å². The fourth-order valence-electron chi connectivity index (χ4n) is 3.06. The number of benzene rings is 1. The van der Waals surface area contributed by atoms with Gasteiger partial charge < -0.3 is 19.7 Å². The molecule has 0 spiro atoms. The molecule has 1 aliphatic heterocycles. The van der Waals surface area contributed by atoms with Crippen LogP contribution in [0.4, 0.5) is 9.18 Å². The minimum Gasteiger partial charge on any atom is -0.465 e. The van der Waals surface area contributed by atoms with Crippen LogP contribution < -0.4 is 10.1 Å². The van der Waals surface area contributed by atoms with Crippen LogP contribution in [-0.2, 0) is 9.53 Å². The van der Waals surface area contributed by atoms with Gasteiger partial charge in [0.25, 0.3) is 11.8 Å². The van der Waals surface area contributed by atoms with Gasteiger partial charge in [-0.1, -0.05) is 12.1 Å². The molecule has 1 N–H and O–H groups in total. The molecule has 0 atom stereocenters. The number of nitrogens with one attached hydrogen (secondary N) is 1. The monoisotopic (exact) mass is 436 g/mol. The second-order valence-corrected chi connectivity index (χ2v) is 8.55. The van der Waals surface area contributed by atoms with Crippen LogP contribution in [0.2, 0.25) is 0 Å². The van der Waals surface area contributed by atoms with Crippen LogP contribution >= 0.6 is 11.7 Å². The van der Waals surface area contributed by atoms with E-state index in [1.807, 2.05) is 20.8 Å². The van der Waals surface area contributed by atoms with Gasteiger partial charge in [0.05, 0.1) is 11.7 Å². The molecule has 0 radical (unpaired) electrons. The number of ether oxygens (including phenoxy) is 2. The Kier molecular flexibility index (Phi) is 6.86. The summed E-state index contributed by atoms with van der Waals surface area (Å²) in [7, 11) is 0. The van der Waals surface area contributed by atoms with Crippen LogP contribution in [0.1, 0.15) is 33.6 Å². The smallest absolute Gasteiger partial charge is 0.407 e. The van der Waals surface area contributed by atoms with Crippen LogP contribution in [0, 0.1) is 5.82 Å². The predicted molar refractivity (Wildman–Crippen MR) is 110 cm³/mol. The van der Waals surface area contributed by atoms with E-state index in [1.54, 1.807) is 17.0 Å². The van der Waals surface area contributed by atoms with Crippen molar-refractivity contribution in [2.24, 2.45) is 0 Å². The molecule has 2 heterocycles. The van der Waals surface area contributed by atoms with Gasteiger partial charge in [-0.3, -0.25) is 4.79 Å². The average Bonchev–Trinajstić information content (AvgIpc) is 3.14. The number of aromatic nitrogens is 2. The molecule has 2 aromatic rings. The number of carbonyl (C=O) groups is 2.